The summed E-state index contributed by atoms with van der Waals surface area (Å²) in [5.74, 6) is 2.81. The summed E-state index contributed by atoms with van der Waals surface area (Å²) in [6.45, 7) is 6.59. The van der Waals surface area contributed by atoms with Crippen LogP contribution < -0.4 is 5.32 Å². The number of nitrogens with zero attached hydrogens (tertiary/aromatic N) is 2. The lowest BCUT2D eigenvalue weighted by atomic mass is 9.83. The van der Waals surface area contributed by atoms with Crippen molar-refractivity contribution in [2.75, 3.05) is 11.9 Å². The van der Waals surface area contributed by atoms with Gasteiger partial charge in [0.1, 0.15) is 0 Å². The summed E-state index contributed by atoms with van der Waals surface area (Å²) in [6, 6.07) is 0. The molecule has 0 unspecified atom stereocenters. The minimum absolute atomic E-state index is 0.846. The van der Waals surface area contributed by atoms with Crippen LogP contribution in [0.25, 0.3) is 0 Å². The van der Waals surface area contributed by atoms with Crippen molar-refractivity contribution in [3.63, 3.8) is 0 Å². The average Bonchev–Trinajstić information content (AvgIpc) is 2.76. The Labute approximate surface area is 98.3 Å². The van der Waals surface area contributed by atoms with Gasteiger partial charge in [0.05, 0.1) is 0 Å². The summed E-state index contributed by atoms with van der Waals surface area (Å²) >= 11 is 0. The summed E-state index contributed by atoms with van der Waals surface area (Å²) in [6.07, 6.45) is 9.45. The van der Waals surface area contributed by atoms with E-state index in [1.807, 2.05) is 12.4 Å². The van der Waals surface area contributed by atoms with E-state index in [1.165, 1.54) is 25.7 Å². The molecule has 0 saturated heterocycles. The van der Waals surface area contributed by atoms with Crippen LogP contribution in [0.2, 0.25) is 0 Å². The van der Waals surface area contributed by atoms with Crippen LogP contribution in [0.3, 0.4) is 0 Å². The van der Waals surface area contributed by atoms with Gasteiger partial charge in [0.15, 0.2) is 0 Å². The third kappa shape index (κ3) is 2.77. The van der Waals surface area contributed by atoms with Crippen LogP contribution >= 0.6 is 0 Å². The van der Waals surface area contributed by atoms with Crippen LogP contribution in [0, 0.1) is 11.8 Å². The van der Waals surface area contributed by atoms with E-state index in [0.717, 1.165) is 30.9 Å². The molecule has 0 amide bonds. The number of aryl methyl sites for hydroxylation is 1. The van der Waals surface area contributed by atoms with Gasteiger partial charge in [-0.3, -0.25) is 0 Å². The standard InChI is InChI=1S/C13H23N3/c1-3-16-9-8-14-13(16)15-10-12-6-4-11(2)5-7-12/h8-9,11-12H,3-7,10H2,1-2H3,(H,14,15). The van der Waals surface area contributed by atoms with Crippen molar-refractivity contribution in [1.29, 1.82) is 0 Å². The molecule has 0 radical (unpaired) electrons. The van der Waals surface area contributed by atoms with Gasteiger partial charge in [-0.1, -0.05) is 19.8 Å². The summed E-state index contributed by atoms with van der Waals surface area (Å²) in [4.78, 5) is 4.34. The Balaban J connectivity index is 1.79. The maximum Gasteiger partial charge on any atom is 0.202 e. The number of hydrogen-bond acceptors (Lipinski definition) is 2. The van der Waals surface area contributed by atoms with Gasteiger partial charge in [-0.2, -0.15) is 0 Å². The molecule has 1 fully saturated rings. The molecule has 1 heterocycles. The van der Waals surface area contributed by atoms with Crippen molar-refractivity contribution in [1.82, 2.24) is 9.55 Å². The quantitative estimate of drug-likeness (QED) is 0.846. The molecule has 1 aromatic rings. The Hall–Kier alpha value is -0.990. The highest BCUT2D eigenvalue weighted by molar-refractivity contribution is 5.25. The van der Waals surface area contributed by atoms with E-state index in [2.05, 4.69) is 28.7 Å². The molecular weight excluding hydrogens is 198 g/mol. The van der Waals surface area contributed by atoms with E-state index >= 15 is 0 Å². The van der Waals surface area contributed by atoms with Crippen LogP contribution in [0.4, 0.5) is 5.95 Å². The summed E-state index contributed by atoms with van der Waals surface area (Å²) in [7, 11) is 0. The second-order valence-electron chi connectivity index (χ2n) is 5.04. The van der Waals surface area contributed by atoms with Crippen molar-refractivity contribution in [3.8, 4) is 0 Å². The largest absolute Gasteiger partial charge is 0.355 e. The van der Waals surface area contributed by atoms with E-state index in [4.69, 9.17) is 0 Å². The van der Waals surface area contributed by atoms with E-state index in [0.29, 0.717) is 0 Å². The predicted octanol–water partition coefficient (Wildman–Crippen LogP) is 3.14. The van der Waals surface area contributed by atoms with Crippen molar-refractivity contribution >= 4 is 5.95 Å². The van der Waals surface area contributed by atoms with Crippen LogP contribution in [0.15, 0.2) is 12.4 Å². The van der Waals surface area contributed by atoms with Crippen molar-refractivity contribution in [2.24, 2.45) is 11.8 Å². The highest BCUT2D eigenvalue weighted by Gasteiger charge is 2.18. The lowest BCUT2D eigenvalue weighted by molar-refractivity contribution is 0.300. The van der Waals surface area contributed by atoms with Gasteiger partial charge in [0.25, 0.3) is 0 Å². The molecule has 2 rings (SSSR count). The maximum absolute atomic E-state index is 4.34. The molecule has 1 N–H and O–H groups in total. The van der Waals surface area contributed by atoms with Gasteiger partial charge in [0, 0.05) is 25.5 Å². The maximum atomic E-state index is 4.34. The lowest BCUT2D eigenvalue weighted by Gasteiger charge is -2.26. The fourth-order valence-electron chi connectivity index (χ4n) is 2.50. The Kier molecular flexibility index (Phi) is 3.86. The first-order valence-electron chi connectivity index (χ1n) is 6.54. The molecule has 0 aliphatic heterocycles. The van der Waals surface area contributed by atoms with Crippen molar-refractivity contribution in [3.05, 3.63) is 12.4 Å². The minimum Gasteiger partial charge on any atom is -0.355 e. The van der Waals surface area contributed by atoms with Gasteiger partial charge in [-0.25, -0.2) is 4.98 Å². The summed E-state index contributed by atoms with van der Waals surface area (Å²) < 4.78 is 2.16. The SMILES string of the molecule is CCn1ccnc1NCC1CCC(C)CC1. The zero-order valence-electron chi connectivity index (χ0n) is 10.4. The lowest BCUT2D eigenvalue weighted by Crippen LogP contribution is -2.21. The van der Waals surface area contributed by atoms with Gasteiger partial charge in [-0.05, 0) is 31.6 Å². The van der Waals surface area contributed by atoms with E-state index < -0.39 is 0 Å². The normalized spacial score (nSPS) is 25.6. The number of rotatable bonds is 4. The average molecular weight is 221 g/mol. The molecule has 16 heavy (non-hydrogen) atoms. The molecule has 3 nitrogen and oxygen atoms in total. The first-order chi connectivity index (χ1) is 7.79. The number of imidazole rings is 1. The van der Waals surface area contributed by atoms with Crippen LogP contribution in [-0.4, -0.2) is 16.1 Å². The van der Waals surface area contributed by atoms with Crippen molar-refractivity contribution < 1.29 is 0 Å². The van der Waals surface area contributed by atoms with E-state index in [-0.39, 0.29) is 0 Å². The zero-order valence-corrected chi connectivity index (χ0v) is 10.4. The van der Waals surface area contributed by atoms with Gasteiger partial charge in [0.2, 0.25) is 5.95 Å². The second kappa shape index (κ2) is 5.37. The highest BCUT2D eigenvalue weighted by Crippen LogP contribution is 2.28. The highest BCUT2D eigenvalue weighted by atomic mass is 15.2. The molecule has 0 bridgehead atoms. The molecule has 1 aliphatic rings. The topological polar surface area (TPSA) is 29.9 Å². The summed E-state index contributed by atoms with van der Waals surface area (Å²) in [5.41, 5.74) is 0. The summed E-state index contributed by atoms with van der Waals surface area (Å²) in [5, 5.41) is 3.48. The van der Waals surface area contributed by atoms with Gasteiger partial charge in [-0.15, -0.1) is 0 Å². The Bertz CT molecular complexity index is 311. The molecule has 0 aromatic carbocycles. The minimum atomic E-state index is 0.846. The second-order valence-corrected chi connectivity index (χ2v) is 5.04. The first kappa shape index (κ1) is 11.5. The third-order valence-electron chi connectivity index (χ3n) is 3.74. The number of anilines is 1. The van der Waals surface area contributed by atoms with Crippen molar-refractivity contribution in [2.45, 2.75) is 46.1 Å². The third-order valence-corrected chi connectivity index (χ3v) is 3.74. The fraction of sp³-hybridized carbons (Fsp3) is 0.769. The Morgan fingerprint density at radius 1 is 1.38 bits per heavy atom. The van der Waals surface area contributed by atoms with Gasteiger partial charge >= 0.3 is 0 Å². The van der Waals surface area contributed by atoms with Gasteiger partial charge < -0.3 is 9.88 Å². The predicted molar refractivity (Wildman–Crippen MR) is 67.5 cm³/mol. The monoisotopic (exact) mass is 221 g/mol. The van der Waals surface area contributed by atoms with E-state index in [9.17, 15) is 0 Å². The molecule has 1 aliphatic carbocycles. The molecule has 90 valence electrons. The molecule has 1 aromatic heterocycles. The number of hydrogen-bond donors (Lipinski definition) is 1. The molecule has 0 atom stereocenters. The smallest absolute Gasteiger partial charge is 0.202 e. The fourth-order valence-corrected chi connectivity index (χ4v) is 2.50. The Morgan fingerprint density at radius 2 is 2.12 bits per heavy atom. The molecule has 1 saturated carbocycles. The molecule has 3 heteroatoms. The zero-order chi connectivity index (χ0) is 11.4. The van der Waals surface area contributed by atoms with E-state index in [1.54, 1.807) is 0 Å². The van der Waals surface area contributed by atoms with Crippen LogP contribution in [0.5, 0.6) is 0 Å². The Morgan fingerprint density at radius 3 is 2.81 bits per heavy atom. The molecular formula is C13H23N3. The number of aromatic nitrogens is 2. The number of nitrogens with one attached hydrogen (secondary N) is 1. The van der Waals surface area contributed by atoms with Crippen LogP contribution in [-0.2, 0) is 6.54 Å². The molecule has 0 spiro atoms. The first-order valence-corrected chi connectivity index (χ1v) is 6.54. The van der Waals surface area contributed by atoms with Crippen LogP contribution in [0.1, 0.15) is 39.5 Å².